The number of rotatable bonds is 3. The molecule has 0 aliphatic carbocycles. The zero-order valence-corrected chi connectivity index (χ0v) is 12.2. The maximum Gasteiger partial charge on any atom is 0.146 e. The van der Waals surface area contributed by atoms with E-state index in [-0.39, 0.29) is 0 Å². The Morgan fingerprint density at radius 1 is 1.00 bits per heavy atom. The first kappa shape index (κ1) is 13.3. The molecule has 3 aromatic rings. The number of hydrogen-bond acceptors (Lipinski definition) is 3. The molecule has 0 bridgehead atoms. The summed E-state index contributed by atoms with van der Waals surface area (Å²) in [7, 11) is 0. The number of hydrogen-bond donors (Lipinski definition) is 1. The fourth-order valence-electron chi connectivity index (χ4n) is 2.20. The molecule has 0 amide bonds. The number of nitrogens with one attached hydrogen (secondary N) is 1. The standard InChI is InChI=1S/C18H17N3/c1-13-7-8-14(2)16(11-13)12-19-21-18-10-9-15-5-3-4-6-17(15)20-18/h3-12H,1-2H3,(H,20,21)/b19-12+. The van der Waals surface area contributed by atoms with Gasteiger partial charge in [0, 0.05) is 5.39 Å². The molecule has 0 radical (unpaired) electrons. The van der Waals surface area contributed by atoms with Gasteiger partial charge in [0.2, 0.25) is 0 Å². The largest absolute Gasteiger partial charge is 0.261 e. The Labute approximate surface area is 124 Å². The molecular formula is C18H17N3. The maximum absolute atomic E-state index is 4.52. The molecule has 104 valence electrons. The van der Waals surface area contributed by atoms with Crippen LogP contribution in [-0.4, -0.2) is 11.2 Å². The van der Waals surface area contributed by atoms with Crippen molar-refractivity contribution in [2.45, 2.75) is 13.8 Å². The van der Waals surface area contributed by atoms with E-state index in [1.165, 1.54) is 11.1 Å². The molecule has 0 fully saturated rings. The van der Waals surface area contributed by atoms with E-state index < -0.39 is 0 Å². The average molecular weight is 275 g/mol. The lowest BCUT2D eigenvalue weighted by molar-refractivity contribution is 1.26. The van der Waals surface area contributed by atoms with Crippen molar-refractivity contribution in [3.8, 4) is 0 Å². The Bertz CT molecular complexity index is 806. The highest BCUT2D eigenvalue weighted by Crippen LogP contribution is 2.14. The molecule has 1 heterocycles. The van der Waals surface area contributed by atoms with Crippen LogP contribution in [0.3, 0.4) is 0 Å². The van der Waals surface area contributed by atoms with Crippen LogP contribution in [0.5, 0.6) is 0 Å². The summed E-state index contributed by atoms with van der Waals surface area (Å²) in [6.07, 6.45) is 1.83. The zero-order chi connectivity index (χ0) is 14.7. The highest BCUT2D eigenvalue weighted by molar-refractivity contribution is 5.83. The minimum atomic E-state index is 0.746. The van der Waals surface area contributed by atoms with Crippen LogP contribution in [0.4, 0.5) is 5.82 Å². The lowest BCUT2D eigenvalue weighted by Crippen LogP contribution is -1.95. The van der Waals surface area contributed by atoms with Gasteiger partial charge in [0.15, 0.2) is 0 Å². The number of benzene rings is 2. The fourth-order valence-corrected chi connectivity index (χ4v) is 2.20. The van der Waals surface area contributed by atoms with Gasteiger partial charge in [-0.1, -0.05) is 42.0 Å². The van der Waals surface area contributed by atoms with Crippen LogP contribution >= 0.6 is 0 Å². The van der Waals surface area contributed by atoms with Crippen molar-refractivity contribution in [3.63, 3.8) is 0 Å². The van der Waals surface area contributed by atoms with Crippen LogP contribution in [-0.2, 0) is 0 Å². The summed E-state index contributed by atoms with van der Waals surface area (Å²) < 4.78 is 0. The monoisotopic (exact) mass is 275 g/mol. The molecule has 1 aromatic heterocycles. The van der Waals surface area contributed by atoms with E-state index in [2.05, 4.69) is 47.6 Å². The van der Waals surface area contributed by atoms with Crippen molar-refractivity contribution in [2.75, 3.05) is 5.43 Å². The van der Waals surface area contributed by atoms with E-state index in [9.17, 15) is 0 Å². The molecule has 3 rings (SSSR count). The number of pyridine rings is 1. The average Bonchev–Trinajstić information content (AvgIpc) is 2.50. The molecule has 3 heteroatoms. The van der Waals surface area contributed by atoms with Gasteiger partial charge in [-0.25, -0.2) is 4.98 Å². The third kappa shape index (κ3) is 3.08. The zero-order valence-electron chi connectivity index (χ0n) is 12.2. The minimum absolute atomic E-state index is 0.746. The van der Waals surface area contributed by atoms with Crippen molar-refractivity contribution < 1.29 is 0 Å². The van der Waals surface area contributed by atoms with Crippen molar-refractivity contribution in [3.05, 3.63) is 71.3 Å². The molecule has 0 aliphatic heterocycles. The molecule has 2 aromatic carbocycles. The SMILES string of the molecule is Cc1ccc(C)c(/C=N/Nc2ccc3ccccc3n2)c1. The maximum atomic E-state index is 4.52. The van der Waals surface area contributed by atoms with Gasteiger partial charge < -0.3 is 0 Å². The highest BCUT2D eigenvalue weighted by Gasteiger charge is 1.97. The van der Waals surface area contributed by atoms with E-state index in [4.69, 9.17) is 0 Å². The molecular weight excluding hydrogens is 258 g/mol. The van der Waals surface area contributed by atoms with Gasteiger partial charge in [-0.2, -0.15) is 5.10 Å². The first-order valence-electron chi connectivity index (χ1n) is 6.94. The lowest BCUT2D eigenvalue weighted by atomic mass is 10.1. The summed E-state index contributed by atoms with van der Waals surface area (Å²) >= 11 is 0. The smallest absolute Gasteiger partial charge is 0.146 e. The number of para-hydroxylation sites is 1. The molecule has 21 heavy (non-hydrogen) atoms. The summed E-state index contributed by atoms with van der Waals surface area (Å²) in [4.78, 5) is 4.52. The normalized spacial score (nSPS) is 11.1. The number of aromatic nitrogens is 1. The predicted octanol–water partition coefficient (Wildman–Crippen LogP) is 4.30. The van der Waals surface area contributed by atoms with Gasteiger partial charge >= 0.3 is 0 Å². The first-order chi connectivity index (χ1) is 10.2. The summed E-state index contributed by atoms with van der Waals surface area (Å²) in [6.45, 7) is 4.16. The highest BCUT2D eigenvalue weighted by atomic mass is 15.3. The van der Waals surface area contributed by atoms with Crippen LogP contribution in [0.2, 0.25) is 0 Å². The molecule has 1 N–H and O–H groups in total. The van der Waals surface area contributed by atoms with Crippen molar-refractivity contribution in [1.29, 1.82) is 0 Å². The molecule has 0 unspecified atom stereocenters. The third-order valence-electron chi connectivity index (χ3n) is 3.42. The molecule has 3 nitrogen and oxygen atoms in total. The van der Waals surface area contributed by atoms with Gasteiger partial charge in [-0.05, 0) is 43.2 Å². The fraction of sp³-hybridized carbons (Fsp3) is 0.111. The van der Waals surface area contributed by atoms with Crippen LogP contribution in [0.15, 0.2) is 59.7 Å². The van der Waals surface area contributed by atoms with Gasteiger partial charge in [0.05, 0.1) is 11.7 Å². The molecule has 0 atom stereocenters. The minimum Gasteiger partial charge on any atom is -0.261 e. The van der Waals surface area contributed by atoms with E-state index >= 15 is 0 Å². The Hall–Kier alpha value is -2.68. The Balaban J connectivity index is 1.79. The van der Waals surface area contributed by atoms with Crippen LogP contribution < -0.4 is 5.43 Å². The number of fused-ring (bicyclic) bond motifs is 1. The quantitative estimate of drug-likeness (QED) is 0.571. The topological polar surface area (TPSA) is 37.3 Å². The molecule has 0 spiro atoms. The first-order valence-corrected chi connectivity index (χ1v) is 6.94. The van der Waals surface area contributed by atoms with E-state index in [0.717, 1.165) is 22.3 Å². The van der Waals surface area contributed by atoms with Crippen LogP contribution in [0.1, 0.15) is 16.7 Å². The van der Waals surface area contributed by atoms with Gasteiger partial charge in [0.25, 0.3) is 0 Å². The Morgan fingerprint density at radius 3 is 2.76 bits per heavy atom. The van der Waals surface area contributed by atoms with Gasteiger partial charge in [0.1, 0.15) is 5.82 Å². The molecule has 0 saturated carbocycles. The van der Waals surface area contributed by atoms with Crippen molar-refractivity contribution >= 4 is 22.9 Å². The molecule has 0 aliphatic rings. The Morgan fingerprint density at radius 2 is 1.86 bits per heavy atom. The van der Waals surface area contributed by atoms with Crippen LogP contribution in [0, 0.1) is 13.8 Å². The van der Waals surface area contributed by atoms with Gasteiger partial charge in [-0.15, -0.1) is 0 Å². The summed E-state index contributed by atoms with van der Waals surface area (Å²) in [6, 6.07) is 18.3. The van der Waals surface area contributed by atoms with Crippen molar-refractivity contribution in [1.82, 2.24) is 4.98 Å². The lowest BCUT2D eigenvalue weighted by Gasteiger charge is -2.03. The Kier molecular flexibility index (Phi) is 3.65. The van der Waals surface area contributed by atoms with E-state index in [1.807, 2.05) is 42.6 Å². The van der Waals surface area contributed by atoms with Gasteiger partial charge in [-0.3, -0.25) is 5.43 Å². The van der Waals surface area contributed by atoms with E-state index in [1.54, 1.807) is 0 Å². The third-order valence-corrected chi connectivity index (χ3v) is 3.42. The number of anilines is 1. The summed E-state index contributed by atoms with van der Waals surface area (Å²) in [5.41, 5.74) is 7.50. The second kappa shape index (κ2) is 5.75. The predicted molar refractivity (Wildman–Crippen MR) is 88.9 cm³/mol. The summed E-state index contributed by atoms with van der Waals surface area (Å²) in [5, 5.41) is 5.41. The summed E-state index contributed by atoms with van der Waals surface area (Å²) in [5.74, 6) is 0.746. The van der Waals surface area contributed by atoms with E-state index in [0.29, 0.717) is 0 Å². The number of hydrazone groups is 1. The second-order valence-electron chi connectivity index (χ2n) is 5.12. The number of aryl methyl sites for hydroxylation is 2. The molecule has 0 saturated heterocycles. The van der Waals surface area contributed by atoms with Crippen LogP contribution in [0.25, 0.3) is 10.9 Å². The van der Waals surface area contributed by atoms with Crippen molar-refractivity contribution in [2.24, 2.45) is 5.10 Å². The number of nitrogens with zero attached hydrogens (tertiary/aromatic N) is 2. The second-order valence-corrected chi connectivity index (χ2v) is 5.12.